The number of rotatable bonds is 2. The van der Waals surface area contributed by atoms with Crippen LogP contribution >= 0.6 is 34.8 Å². The van der Waals surface area contributed by atoms with Gasteiger partial charge in [0, 0.05) is 11.9 Å². The second kappa shape index (κ2) is 5.78. The second-order valence-electron chi connectivity index (χ2n) is 3.86. The van der Waals surface area contributed by atoms with Gasteiger partial charge >= 0.3 is 0 Å². The number of amides is 1. The quantitative estimate of drug-likeness (QED) is 0.880. The number of hydrogen-bond donors (Lipinski definition) is 1. The number of nitrogens with zero attached hydrogens (tertiary/aromatic N) is 1. The van der Waals surface area contributed by atoms with E-state index in [-0.39, 0.29) is 16.5 Å². The van der Waals surface area contributed by atoms with E-state index in [4.69, 9.17) is 34.8 Å². The van der Waals surface area contributed by atoms with Gasteiger partial charge in [0.05, 0.1) is 26.3 Å². The zero-order chi connectivity index (χ0) is 14.0. The van der Waals surface area contributed by atoms with Crippen LogP contribution in [0.25, 0.3) is 0 Å². The van der Waals surface area contributed by atoms with Gasteiger partial charge in [-0.1, -0.05) is 40.9 Å². The number of carbonyl (C=O) groups is 1. The first-order valence-electron chi connectivity index (χ1n) is 5.36. The van der Waals surface area contributed by atoms with Crippen LogP contribution < -0.4 is 5.32 Å². The first-order chi connectivity index (χ1) is 8.99. The lowest BCUT2D eigenvalue weighted by Gasteiger charge is -2.09. The fraction of sp³-hybridized carbons (Fsp3) is 0.0769. The molecule has 2 rings (SSSR count). The van der Waals surface area contributed by atoms with Crippen molar-refractivity contribution < 1.29 is 4.79 Å². The molecule has 0 fully saturated rings. The molecule has 0 aliphatic rings. The topological polar surface area (TPSA) is 42.0 Å². The first kappa shape index (κ1) is 14.1. The third-order valence-electron chi connectivity index (χ3n) is 2.43. The molecule has 1 N–H and O–H groups in total. The smallest absolute Gasteiger partial charge is 0.258 e. The normalized spacial score (nSPS) is 10.3. The van der Waals surface area contributed by atoms with Crippen LogP contribution in [0.5, 0.6) is 0 Å². The molecular weight excluding hydrogens is 307 g/mol. The summed E-state index contributed by atoms with van der Waals surface area (Å²) in [5.41, 5.74) is 1.45. The molecule has 0 saturated heterocycles. The van der Waals surface area contributed by atoms with Crippen LogP contribution in [0, 0.1) is 6.92 Å². The maximum atomic E-state index is 12.1. The van der Waals surface area contributed by atoms with Crippen LogP contribution in [-0.2, 0) is 0 Å². The number of hydrogen-bond acceptors (Lipinski definition) is 2. The summed E-state index contributed by atoms with van der Waals surface area (Å²) >= 11 is 17.9. The summed E-state index contributed by atoms with van der Waals surface area (Å²) in [5.74, 6) is -0.387. The van der Waals surface area contributed by atoms with Crippen LogP contribution in [0.4, 0.5) is 5.69 Å². The molecule has 2 aromatic rings. The zero-order valence-electron chi connectivity index (χ0n) is 9.88. The minimum Gasteiger partial charge on any atom is -0.320 e. The summed E-state index contributed by atoms with van der Waals surface area (Å²) in [6, 6.07) is 6.61. The monoisotopic (exact) mass is 314 g/mol. The van der Waals surface area contributed by atoms with Gasteiger partial charge in [-0.05, 0) is 25.1 Å². The number of nitrogens with one attached hydrogen (secondary N) is 1. The first-order valence-corrected chi connectivity index (χ1v) is 6.50. The van der Waals surface area contributed by atoms with Crippen LogP contribution in [0.2, 0.25) is 15.1 Å². The van der Waals surface area contributed by atoms with Gasteiger partial charge < -0.3 is 5.32 Å². The van der Waals surface area contributed by atoms with E-state index in [2.05, 4.69) is 10.3 Å². The Kier molecular flexibility index (Phi) is 4.30. The minimum absolute atomic E-state index is 0.281. The number of aryl methyl sites for hydroxylation is 1. The average Bonchev–Trinajstić information content (AvgIpc) is 2.34. The number of halogens is 3. The Bertz CT molecular complexity index is 644. The van der Waals surface area contributed by atoms with Gasteiger partial charge in [0.2, 0.25) is 0 Å². The summed E-state index contributed by atoms with van der Waals surface area (Å²) < 4.78 is 0. The van der Waals surface area contributed by atoms with Crippen molar-refractivity contribution in [1.29, 1.82) is 0 Å². The van der Waals surface area contributed by atoms with Gasteiger partial charge in [-0.3, -0.25) is 9.78 Å². The van der Waals surface area contributed by atoms with E-state index in [1.165, 1.54) is 6.20 Å². The molecule has 0 radical (unpaired) electrons. The van der Waals surface area contributed by atoms with Crippen LogP contribution in [0.1, 0.15) is 16.1 Å². The molecule has 0 aliphatic heterocycles. The lowest BCUT2D eigenvalue weighted by Crippen LogP contribution is -2.13. The van der Waals surface area contributed by atoms with Gasteiger partial charge in [0.15, 0.2) is 0 Å². The van der Waals surface area contributed by atoms with Crippen molar-refractivity contribution in [2.75, 3.05) is 5.32 Å². The third-order valence-corrected chi connectivity index (χ3v) is 3.57. The Labute approximate surface area is 125 Å². The van der Waals surface area contributed by atoms with E-state index in [0.717, 1.165) is 5.69 Å². The van der Waals surface area contributed by atoms with Crippen molar-refractivity contribution >= 4 is 46.4 Å². The molecule has 0 atom stereocenters. The highest BCUT2D eigenvalue weighted by Crippen LogP contribution is 2.30. The molecule has 1 aromatic carbocycles. The molecule has 98 valence electrons. The lowest BCUT2D eigenvalue weighted by atomic mass is 10.2. The van der Waals surface area contributed by atoms with E-state index < -0.39 is 0 Å². The molecule has 3 nitrogen and oxygen atoms in total. The maximum Gasteiger partial charge on any atom is 0.258 e. The van der Waals surface area contributed by atoms with Crippen molar-refractivity contribution in [3.8, 4) is 0 Å². The Morgan fingerprint density at radius 1 is 1.21 bits per heavy atom. The largest absolute Gasteiger partial charge is 0.320 e. The highest BCUT2D eigenvalue weighted by Gasteiger charge is 2.13. The van der Waals surface area contributed by atoms with Gasteiger partial charge in [-0.15, -0.1) is 0 Å². The number of pyridine rings is 1. The maximum absolute atomic E-state index is 12.1. The zero-order valence-corrected chi connectivity index (χ0v) is 12.1. The standard InChI is InChI=1S/C13H9Cl3N2O/c1-7-5-10(15)8(6-17-7)13(19)18-11-4-2-3-9(14)12(11)16/h2-6H,1H3,(H,18,19). The summed E-state index contributed by atoms with van der Waals surface area (Å²) in [7, 11) is 0. The van der Waals surface area contributed by atoms with Crippen molar-refractivity contribution in [2.45, 2.75) is 6.92 Å². The Morgan fingerprint density at radius 2 is 1.95 bits per heavy atom. The number of aromatic nitrogens is 1. The van der Waals surface area contributed by atoms with E-state index >= 15 is 0 Å². The summed E-state index contributed by atoms with van der Waals surface area (Å²) in [6.07, 6.45) is 1.42. The third kappa shape index (κ3) is 3.18. The lowest BCUT2D eigenvalue weighted by molar-refractivity contribution is 0.102. The van der Waals surface area contributed by atoms with Crippen molar-refractivity contribution in [3.05, 3.63) is 56.8 Å². The average molecular weight is 316 g/mol. The molecule has 1 amide bonds. The number of carbonyl (C=O) groups excluding carboxylic acids is 1. The van der Waals surface area contributed by atoms with Crippen LogP contribution in [0.3, 0.4) is 0 Å². The molecule has 6 heteroatoms. The van der Waals surface area contributed by atoms with Gasteiger partial charge in [-0.25, -0.2) is 0 Å². The number of benzene rings is 1. The summed E-state index contributed by atoms with van der Waals surface area (Å²) in [6.45, 7) is 1.79. The Morgan fingerprint density at radius 3 is 2.63 bits per heavy atom. The highest BCUT2D eigenvalue weighted by atomic mass is 35.5. The van der Waals surface area contributed by atoms with Crippen molar-refractivity contribution in [1.82, 2.24) is 4.98 Å². The van der Waals surface area contributed by atoms with E-state index in [9.17, 15) is 4.79 Å². The molecule has 1 aromatic heterocycles. The van der Waals surface area contributed by atoms with E-state index in [1.807, 2.05) is 0 Å². The molecule has 0 bridgehead atoms. The highest BCUT2D eigenvalue weighted by molar-refractivity contribution is 6.44. The predicted octanol–water partition coefficient (Wildman–Crippen LogP) is 4.60. The summed E-state index contributed by atoms with van der Waals surface area (Å²) in [5, 5.41) is 3.64. The molecule has 0 unspecified atom stereocenters. The van der Waals surface area contributed by atoms with E-state index in [1.54, 1.807) is 31.2 Å². The molecule has 0 saturated carbocycles. The molecule has 0 spiro atoms. The van der Waals surface area contributed by atoms with Gasteiger partial charge in [0.25, 0.3) is 5.91 Å². The Balaban J connectivity index is 2.28. The van der Waals surface area contributed by atoms with Gasteiger partial charge in [0.1, 0.15) is 0 Å². The Hall–Kier alpha value is -1.29. The van der Waals surface area contributed by atoms with E-state index in [0.29, 0.717) is 15.7 Å². The van der Waals surface area contributed by atoms with Crippen molar-refractivity contribution in [3.63, 3.8) is 0 Å². The summed E-state index contributed by atoms with van der Waals surface area (Å²) in [4.78, 5) is 16.1. The SMILES string of the molecule is Cc1cc(Cl)c(C(=O)Nc2cccc(Cl)c2Cl)cn1. The fourth-order valence-electron chi connectivity index (χ4n) is 1.48. The molecule has 19 heavy (non-hydrogen) atoms. The fourth-order valence-corrected chi connectivity index (χ4v) is 2.12. The van der Waals surface area contributed by atoms with Gasteiger partial charge in [-0.2, -0.15) is 0 Å². The molecule has 1 heterocycles. The second-order valence-corrected chi connectivity index (χ2v) is 5.05. The van der Waals surface area contributed by atoms with Crippen LogP contribution in [0.15, 0.2) is 30.5 Å². The predicted molar refractivity (Wildman–Crippen MR) is 78.4 cm³/mol. The van der Waals surface area contributed by atoms with Crippen molar-refractivity contribution in [2.24, 2.45) is 0 Å². The molecular formula is C13H9Cl3N2O. The minimum atomic E-state index is -0.387. The van der Waals surface area contributed by atoms with Crippen LogP contribution in [-0.4, -0.2) is 10.9 Å². The number of anilines is 1. The molecule has 0 aliphatic carbocycles.